The van der Waals surface area contributed by atoms with E-state index in [0.29, 0.717) is 0 Å². The molecule has 0 saturated carbocycles. The molecule has 0 radical (unpaired) electrons. The fraction of sp³-hybridized carbons (Fsp3) is 0.158. The molecule has 0 amide bonds. The van der Waals surface area contributed by atoms with E-state index in [9.17, 15) is 0 Å². The fourth-order valence-electron chi connectivity index (χ4n) is 5.45. The van der Waals surface area contributed by atoms with Crippen LogP contribution in [0.5, 0.6) is 0 Å². The molecule has 0 aliphatic heterocycles. The van der Waals surface area contributed by atoms with E-state index >= 15 is 0 Å². The maximum Gasteiger partial charge on any atom is 0.0265 e. The van der Waals surface area contributed by atoms with Gasteiger partial charge in [0, 0.05) is 13.4 Å². The van der Waals surface area contributed by atoms with Crippen LogP contribution < -0.4 is 0 Å². The Morgan fingerprint density at radius 3 is 1.07 bits per heavy atom. The fourth-order valence-corrected chi connectivity index (χ4v) is 7.34. The molecule has 0 spiro atoms. The van der Waals surface area contributed by atoms with Crippen LogP contribution in [0.4, 0.5) is 0 Å². The lowest BCUT2D eigenvalue weighted by atomic mass is 9.94. The Labute approximate surface area is 268 Å². The molecule has 208 valence electrons. The molecule has 0 aliphatic rings. The summed E-state index contributed by atoms with van der Waals surface area (Å²) in [6, 6.07) is 37.0. The van der Waals surface area contributed by atoms with Crippen molar-refractivity contribution in [3.8, 4) is 0 Å². The van der Waals surface area contributed by atoms with Crippen LogP contribution in [0, 0.1) is 0 Å². The van der Waals surface area contributed by atoms with E-state index in [2.05, 4.69) is 151 Å². The van der Waals surface area contributed by atoms with Gasteiger partial charge in [-0.05, 0) is 76.8 Å². The Bertz CT molecular complexity index is 1890. The lowest BCUT2D eigenvalue weighted by Crippen LogP contribution is -1.86. The second kappa shape index (κ2) is 14.0. The Hall–Kier alpha value is -2.72. The van der Waals surface area contributed by atoms with Crippen molar-refractivity contribution in [2.45, 2.75) is 41.5 Å². The SMILES string of the molecule is Brc1ccc2ccc3c(Br)cc(Br)c4ccc1c2c34.CC.CC.CC.c1cc2ccc3cccc4ccc(c1)c2c34. The molecule has 0 aromatic heterocycles. The molecule has 0 N–H and O–H groups in total. The number of rotatable bonds is 0. The zero-order valence-electron chi connectivity index (χ0n) is 24.4. The summed E-state index contributed by atoms with van der Waals surface area (Å²) in [4.78, 5) is 0. The summed E-state index contributed by atoms with van der Waals surface area (Å²) in [5.74, 6) is 0. The molecule has 0 nitrogen and oxygen atoms in total. The van der Waals surface area contributed by atoms with Crippen LogP contribution in [0.3, 0.4) is 0 Å². The van der Waals surface area contributed by atoms with Crippen molar-refractivity contribution in [1.82, 2.24) is 0 Å². The minimum absolute atomic E-state index is 1.13. The number of hydrogen-bond acceptors (Lipinski definition) is 0. The summed E-state index contributed by atoms with van der Waals surface area (Å²) in [7, 11) is 0. The van der Waals surface area contributed by atoms with Crippen molar-refractivity contribution in [2.24, 2.45) is 0 Å². The molecule has 0 bridgehead atoms. The van der Waals surface area contributed by atoms with Crippen LogP contribution in [0.1, 0.15) is 41.5 Å². The highest BCUT2D eigenvalue weighted by Crippen LogP contribution is 2.42. The van der Waals surface area contributed by atoms with Gasteiger partial charge in [0.05, 0.1) is 0 Å². The highest BCUT2D eigenvalue weighted by molar-refractivity contribution is 9.11. The Balaban J connectivity index is 0.000000162. The first-order valence-electron chi connectivity index (χ1n) is 14.4. The van der Waals surface area contributed by atoms with Crippen molar-refractivity contribution >= 4 is 112 Å². The maximum absolute atomic E-state index is 3.67. The summed E-state index contributed by atoms with van der Waals surface area (Å²) in [6.45, 7) is 12.0. The average Bonchev–Trinajstić information content (AvgIpc) is 3.04. The third-order valence-corrected chi connectivity index (χ3v) is 9.02. The van der Waals surface area contributed by atoms with Gasteiger partial charge in [-0.15, -0.1) is 0 Å². The third kappa shape index (κ3) is 5.69. The highest BCUT2D eigenvalue weighted by Gasteiger charge is 2.13. The second-order valence-electron chi connectivity index (χ2n) is 8.92. The summed E-state index contributed by atoms with van der Waals surface area (Å²) in [5.41, 5.74) is 0. The smallest absolute Gasteiger partial charge is 0.0265 e. The lowest BCUT2D eigenvalue weighted by Gasteiger charge is -2.13. The first-order chi connectivity index (χ1) is 20.1. The van der Waals surface area contributed by atoms with Gasteiger partial charge >= 0.3 is 0 Å². The van der Waals surface area contributed by atoms with Crippen molar-refractivity contribution in [1.29, 1.82) is 0 Å². The molecule has 8 rings (SSSR count). The minimum atomic E-state index is 1.13. The van der Waals surface area contributed by atoms with E-state index in [-0.39, 0.29) is 0 Å². The predicted molar refractivity (Wildman–Crippen MR) is 197 cm³/mol. The molecule has 8 aromatic rings. The molecule has 0 unspecified atom stereocenters. The summed E-state index contributed by atoms with van der Waals surface area (Å²) < 4.78 is 3.40. The molecule has 0 fully saturated rings. The van der Waals surface area contributed by atoms with Crippen LogP contribution in [0.2, 0.25) is 0 Å². The second-order valence-corrected chi connectivity index (χ2v) is 11.5. The zero-order valence-corrected chi connectivity index (χ0v) is 29.2. The van der Waals surface area contributed by atoms with Crippen LogP contribution in [-0.4, -0.2) is 0 Å². The number of benzene rings is 8. The van der Waals surface area contributed by atoms with Gasteiger partial charge in [0.25, 0.3) is 0 Å². The molecular formula is C38H35Br3. The summed E-state index contributed by atoms with van der Waals surface area (Å²) in [6.07, 6.45) is 0. The molecule has 41 heavy (non-hydrogen) atoms. The summed E-state index contributed by atoms with van der Waals surface area (Å²) >= 11 is 11.0. The Morgan fingerprint density at radius 1 is 0.317 bits per heavy atom. The lowest BCUT2D eigenvalue weighted by molar-refractivity contribution is 1.50. The van der Waals surface area contributed by atoms with Gasteiger partial charge in [-0.2, -0.15) is 0 Å². The van der Waals surface area contributed by atoms with Crippen LogP contribution in [-0.2, 0) is 0 Å². The standard InChI is InChI=1S/C16H7Br3.C16H10.3C2H6/c17-12-6-2-8-1-3-10-13(18)7-14(19)11-5-4-9(12)15(8)16(10)11;1-3-11-7-9-13-5-2-6-14-10-8-12(4-1)15(11)16(13)14;3*1-2/h1-7H;1-10H;3*1-2H3. The average molecular weight is 731 g/mol. The zero-order chi connectivity index (χ0) is 29.7. The van der Waals surface area contributed by atoms with Gasteiger partial charge in [0.2, 0.25) is 0 Å². The maximum atomic E-state index is 3.67. The molecule has 0 saturated heterocycles. The van der Waals surface area contributed by atoms with Crippen molar-refractivity contribution < 1.29 is 0 Å². The van der Waals surface area contributed by atoms with E-state index in [0.717, 1.165) is 13.4 Å². The van der Waals surface area contributed by atoms with Gasteiger partial charge in [-0.25, -0.2) is 0 Å². The third-order valence-electron chi connectivity index (χ3n) is 7.02. The van der Waals surface area contributed by atoms with E-state index in [1.165, 1.54) is 64.6 Å². The monoisotopic (exact) mass is 728 g/mol. The van der Waals surface area contributed by atoms with Gasteiger partial charge < -0.3 is 0 Å². The summed E-state index contributed by atoms with van der Waals surface area (Å²) in [5, 5.41) is 15.8. The number of halogens is 3. The molecule has 0 aliphatic carbocycles. The molecule has 3 heteroatoms. The molecule has 0 heterocycles. The Morgan fingerprint density at radius 2 is 0.634 bits per heavy atom. The van der Waals surface area contributed by atoms with Crippen LogP contribution in [0.25, 0.3) is 64.6 Å². The van der Waals surface area contributed by atoms with Gasteiger partial charge in [0.15, 0.2) is 0 Å². The quantitative estimate of drug-likeness (QED) is 0.136. The highest BCUT2D eigenvalue weighted by atomic mass is 79.9. The van der Waals surface area contributed by atoms with Crippen molar-refractivity contribution in [3.05, 3.63) is 117 Å². The van der Waals surface area contributed by atoms with Gasteiger partial charge in [-0.3, -0.25) is 0 Å². The Kier molecular flexibility index (Phi) is 10.6. The molecule has 8 aromatic carbocycles. The first-order valence-corrected chi connectivity index (χ1v) is 16.8. The normalized spacial score (nSPS) is 10.6. The first kappa shape index (κ1) is 31.2. The minimum Gasteiger partial charge on any atom is -0.0683 e. The van der Waals surface area contributed by atoms with E-state index < -0.39 is 0 Å². The number of hydrogen-bond donors (Lipinski definition) is 0. The van der Waals surface area contributed by atoms with Crippen LogP contribution in [0.15, 0.2) is 117 Å². The van der Waals surface area contributed by atoms with Crippen molar-refractivity contribution in [2.75, 3.05) is 0 Å². The largest absolute Gasteiger partial charge is 0.0683 e. The predicted octanol–water partition coefficient (Wildman–Crippen LogP) is 14.5. The van der Waals surface area contributed by atoms with E-state index in [1.807, 2.05) is 41.5 Å². The topological polar surface area (TPSA) is 0 Å². The van der Waals surface area contributed by atoms with E-state index in [1.54, 1.807) is 0 Å². The van der Waals surface area contributed by atoms with E-state index in [4.69, 9.17) is 0 Å². The molecular weight excluding hydrogens is 696 g/mol. The van der Waals surface area contributed by atoms with Crippen molar-refractivity contribution in [3.63, 3.8) is 0 Å². The van der Waals surface area contributed by atoms with Gasteiger partial charge in [0.1, 0.15) is 0 Å². The van der Waals surface area contributed by atoms with Gasteiger partial charge in [-0.1, -0.05) is 180 Å². The molecule has 0 atom stereocenters. The van der Waals surface area contributed by atoms with Crippen LogP contribution >= 0.6 is 47.8 Å².